The van der Waals surface area contributed by atoms with E-state index in [-0.39, 0.29) is 17.2 Å². The maximum Gasteiger partial charge on any atom is 0.379 e. The Labute approximate surface area is 169 Å². The van der Waals surface area contributed by atoms with Crippen molar-refractivity contribution in [2.24, 2.45) is 0 Å². The van der Waals surface area contributed by atoms with Crippen molar-refractivity contribution in [2.45, 2.75) is 19.5 Å². The van der Waals surface area contributed by atoms with E-state index in [1.807, 2.05) is 18.2 Å². The van der Waals surface area contributed by atoms with Gasteiger partial charge in [-0.05, 0) is 75.4 Å². The van der Waals surface area contributed by atoms with Crippen LogP contribution in [0.1, 0.15) is 11.1 Å². The molecule has 0 radical (unpaired) electrons. The molecule has 0 atom stereocenters. The molecule has 4 aromatic rings. The number of aromatic nitrogens is 4. The molecule has 0 amide bonds. The number of rotatable bonds is 4. The molecule has 2 heterocycles. The summed E-state index contributed by atoms with van der Waals surface area (Å²) in [5, 5.41) is 23.7. The quantitative estimate of drug-likeness (QED) is 0.399. The highest BCUT2D eigenvalue weighted by atomic mass is 79.9. The Bertz CT molecular complexity index is 1100. The monoisotopic (exact) mass is 472 g/mol. The molecule has 0 aliphatic heterocycles. The minimum absolute atomic E-state index is 0.177. The number of nitrogens with zero attached hydrogens (tertiary/aromatic N) is 3. The topological polar surface area (TPSA) is 87.8 Å². The third-order valence-corrected chi connectivity index (χ3v) is 4.55. The molecule has 2 aromatic carbocycles. The summed E-state index contributed by atoms with van der Waals surface area (Å²) >= 11 is 3.30. The first-order chi connectivity index (χ1) is 13.8. The highest BCUT2D eigenvalue weighted by molar-refractivity contribution is 9.10. The number of hydrogen-bond acceptors (Lipinski definition) is 5. The van der Waals surface area contributed by atoms with Gasteiger partial charge in [0.25, 0.3) is 0 Å². The number of furan rings is 1. The number of H-pyrrole nitrogens is 1. The van der Waals surface area contributed by atoms with Crippen LogP contribution in [0.2, 0.25) is 0 Å². The van der Waals surface area contributed by atoms with Gasteiger partial charge in [-0.15, -0.1) is 10.2 Å². The van der Waals surface area contributed by atoms with Crippen LogP contribution < -0.4 is 0 Å². The van der Waals surface area contributed by atoms with Gasteiger partial charge in [0.1, 0.15) is 5.75 Å². The van der Waals surface area contributed by atoms with E-state index in [2.05, 4.69) is 36.6 Å². The Hall–Kier alpha value is -2.95. The summed E-state index contributed by atoms with van der Waals surface area (Å²) < 4.78 is 49.5. The smallest absolute Gasteiger partial charge is 0.379 e. The number of tetrazole rings is 1. The van der Waals surface area contributed by atoms with Gasteiger partial charge in [-0.3, -0.25) is 0 Å². The Morgan fingerprint density at radius 2 is 1.79 bits per heavy atom. The molecule has 0 aliphatic carbocycles. The lowest BCUT2D eigenvalue weighted by atomic mass is 10.0. The molecule has 0 saturated heterocycles. The fourth-order valence-electron chi connectivity index (χ4n) is 2.68. The van der Waals surface area contributed by atoms with Crippen molar-refractivity contribution in [1.29, 1.82) is 0 Å². The van der Waals surface area contributed by atoms with Crippen LogP contribution in [0.4, 0.5) is 17.6 Å². The molecule has 4 rings (SSSR count). The number of phenols is 1. The summed E-state index contributed by atoms with van der Waals surface area (Å²) in [7, 11) is 0. The second-order valence-electron chi connectivity index (χ2n) is 5.88. The van der Waals surface area contributed by atoms with Crippen molar-refractivity contribution >= 4 is 26.9 Å². The number of phenolic OH excluding ortho intramolecular Hbond substituents is 1. The summed E-state index contributed by atoms with van der Waals surface area (Å²) in [5.41, 5.74) is 2.08. The van der Waals surface area contributed by atoms with E-state index in [4.69, 9.17) is 4.42 Å². The van der Waals surface area contributed by atoms with Gasteiger partial charge in [0, 0.05) is 5.39 Å². The predicted octanol–water partition coefficient (Wildman–Crippen LogP) is 5.18. The summed E-state index contributed by atoms with van der Waals surface area (Å²) in [6.07, 6.45) is 1.38. The van der Waals surface area contributed by atoms with Crippen molar-refractivity contribution in [3.8, 4) is 17.3 Å². The molecule has 11 heteroatoms. The molecule has 0 aliphatic rings. The number of fused-ring (bicyclic) bond motifs is 1. The summed E-state index contributed by atoms with van der Waals surface area (Å²) in [4.78, 5) is 0. The summed E-state index contributed by atoms with van der Waals surface area (Å²) in [6.45, 7) is -3.67. The molecule has 152 valence electrons. The van der Waals surface area contributed by atoms with Crippen LogP contribution in [-0.4, -0.2) is 32.4 Å². The first kappa shape index (κ1) is 20.8. The van der Waals surface area contributed by atoms with Crippen LogP contribution in [-0.2, 0) is 12.8 Å². The number of nitrogens with one attached hydrogen (secondary N) is 1. The highest BCUT2D eigenvalue weighted by Crippen LogP contribution is 2.29. The Morgan fingerprint density at radius 1 is 1.07 bits per heavy atom. The van der Waals surface area contributed by atoms with E-state index in [1.54, 1.807) is 12.1 Å². The maximum atomic E-state index is 14.3. The van der Waals surface area contributed by atoms with E-state index < -0.39 is 12.5 Å². The van der Waals surface area contributed by atoms with E-state index in [0.717, 1.165) is 17.5 Å². The van der Waals surface area contributed by atoms with Crippen molar-refractivity contribution in [3.05, 3.63) is 57.8 Å². The van der Waals surface area contributed by atoms with Gasteiger partial charge in [0.05, 0.1) is 4.47 Å². The second kappa shape index (κ2) is 9.03. The van der Waals surface area contributed by atoms with Gasteiger partial charge in [0.2, 0.25) is 5.82 Å². The van der Waals surface area contributed by atoms with E-state index in [9.17, 15) is 22.7 Å². The number of benzene rings is 2. The highest BCUT2D eigenvalue weighted by Gasteiger charge is 2.14. The first-order valence-electron chi connectivity index (χ1n) is 8.19. The lowest BCUT2D eigenvalue weighted by molar-refractivity contribution is 0.00819. The number of aromatic amines is 1. The fourth-order valence-corrected chi connectivity index (χ4v) is 3.11. The molecule has 0 fully saturated rings. The van der Waals surface area contributed by atoms with Gasteiger partial charge < -0.3 is 9.52 Å². The fraction of sp³-hybridized carbons (Fsp3) is 0.167. The van der Waals surface area contributed by atoms with Crippen LogP contribution in [0.15, 0.2) is 45.3 Å². The predicted molar refractivity (Wildman–Crippen MR) is 99.7 cm³/mol. The lowest BCUT2D eigenvalue weighted by Crippen LogP contribution is -1.92. The lowest BCUT2D eigenvalue weighted by Gasteiger charge is -2.05. The van der Waals surface area contributed by atoms with Gasteiger partial charge >= 0.3 is 6.68 Å². The number of aromatic hydroxyl groups is 1. The number of alkyl halides is 3. The summed E-state index contributed by atoms with van der Waals surface area (Å²) in [6, 6.07) is 10.4. The zero-order valence-electron chi connectivity index (χ0n) is 14.5. The minimum atomic E-state index is -3.67. The molecule has 0 bridgehead atoms. The molecule has 2 aromatic heterocycles. The van der Waals surface area contributed by atoms with Gasteiger partial charge in [-0.2, -0.15) is 18.4 Å². The average Bonchev–Trinajstić information content (AvgIpc) is 3.31. The largest absolute Gasteiger partial charge is 0.507 e. The zero-order chi connectivity index (χ0) is 21.0. The molecule has 0 spiro atoms. The number of aryl methyl sites for hydroxylation is 2. The second-order valence-corrected chi connectivity index (χ2v) is 6.73. The Kier molecular flexibility index (Phi) is 6.47. The van der Waals surface area contributed by atoms with Crippen LogP contribution in [0.25, 0.3) is 22.6 Å². The normalized spacial score (nSPS) is 11.0. The average molecular weight is 473 g/mol. The minimum Gasteiger partial charge on any atom is -0.507 e. The molecule has 0 saturated carbocycles. The molecule has 0 unspecified atom stereocenters. The van der Waals surface area contributed by atoms with Gasteiger partial charge in [0.15, 0.2) is 17.2 Å². The van der Waals surface area contributed by atoms with Crippen molar-refractivity contribution in [3.63, 3.8) is 0 Å². The van der Waals surface area contributed by atoms with E-state index in [1.165, 1.54) is 6.07 Å². The van der Waals surface area contributed by atoms with Crippen molar-refractivity contribution in [1.82, 2.24) is 20.6 Å². The Morgan fingerprint density at radius 3 is 2.45 bits per heavy atom. The molecule has 2 N–H and O–H groups in total. The third kappa shape index (κ3) is 5.31. The van der Waals surface area contributed by atoms with Crippen molar-refractivity contribution < 1.29 is 27.1 Å². The molecule has 29 heavy (non-hydrogen) atoms. The van der Waals surface area contributed by atoms with Crippen LogP contribution >= 0.6 is 15.9 Å². The molecule has 6 nitrogen and oxygen atoms in total. The van der Waals surface area contributed by atoms with Crippen LogP contribution in [0.5, 0.6) is 5.75 Å². The van der Waals surface area contributed by atoms with Crippen LogP contribution in [0.3, 0.4) is 0 Å². The van der Waals surface area contributed by atoms with E-state index in [0.29, 0.717) is 22.0 Å². The SMILES string of the molecule is FC(F)F.Oc1ccc(CCc2cc(F)c3oc(-c4nn[nH]n4)cc3c2)cc1Br. The zero-order valence-corrected chi connectivity index (χ0v) is 16.1. The van der Waals surface area contributed by atoms with Crippen molar-refractivity contribution in [2.75, 3.05) is 0 Å². The molecular formula is C18H13BrF4N4O2. The first-order valence-corrected chi connectivity index (χ1v) is 8.98. The molecular weight excluding hydrogens is 460 g/mol. The van der Waals surface area contributed by atoms with Crippen LogP contribution in [0, 0.1) is 5.82 Å². The number of hydrogen-bond donors (Lipinski definition) is 2. The summed E-state index contributed by atoms with van der Waals surface area (Å²) in [5.74, 6) is 0.422. The maximum absolute atomic E-state index is 14.3. The third-order valence-electron chi connectivity index (χ3n) is 3.91. The standard InChI is InChI=1S/C17H12BrFN4O2.CHF3/c18-12-6-9(3-4-14(12)24)1-2-10-5-11-8-15(17-20-22-23-21-17)25-16(11)13(19)7-10;2-1(3)4/h3-8,24H,1-2H2,(H,20,21,22,23);1H. The van der Waals surface area contributed by atoms with Gasteiger partial charge in [-0.25, -0.2) is 4.39 Å². The van der Waals surface area contributed by atoms with E-state index >= 15 is 0 Å². The van der Waals surface area contributed by atoms with Gasteiger partial charge in [-0.1, -0.05) is 6.07 Å². The Balaban J connectivity index is 0.000000552. The number of halogens is 5.